The molecule has 38 heavy (non-hydrogen) atoms. The van der Waals surface area contributed by atoms with Crippen molar-refractivity contribution in [2.75, 3.05) is 6.54 Å². The van der Waals surface area contributed by atoms with Gasteiger partial charge in [0.15, 0.2) is 0 Å². The third-order valence-corrected chi connectivity index (χ3v) is 7.42. The molecule has 1 aliphatic heterocycles. The van der Waals surface area contributed by atoms with Crippen molar-refractivity contribution >= 4 is 29.6 Å². The number of carbonyl (C=O) groups is 2. The van der Waals surface area contributed by atoms with Gasteiger partial charge < -0.3 is 26.4 Å². The molecule has 1 aromatic carbocycles. The summed E-state index contributed by atoms with van der Waals surface area (Å²) in [5.74, 6) is 0.933. The second-order valence-electron chi connectivity index (χ2n) is 10.2. The van der Waals surface area contributed by atoms with Gasteiger partial charge in [0, 0.05) is 54.1 Å². The van der Waals surface area contributed by atoms with E-state index in [9.17, 15) is 9.59 Å². The Morgan fingerprint density at radius 1 is 1.16 bits per heavy atom. The molecule has 2 saturated carbocycles. The van der Waals surface area contributed by atoms with Crippen LogP contribution in [-0.4, -0.2) is 57.4 Å². The molecule has 200 valence electrons. The number of fused-ring (bicyclic) bond motifs is 1. The fourth-order valence-electron chi connectivity index (χ4n) is 4.99. The van der Waals surface area contributed by atoms with Crippen molar-refractivity contribution in [1.29, 1.82) is 0 Å². The summed E-state index contributed by atoms with van der Waals surface area (Å²) in [6.07, 6.45) is 10.6. The predicted molar refractivity (Wildman–Crippen MR) is 145 cm³/mol. The predicted octanol–water partition coefficient (Wildman–Crippen LogP) is 3.43. The van der Waals surface area contributed by atoms with Crippen LogP contribution in [-0.2, 0) is 16.1 Å². The minimum atomic E-state index is -0.347. The van der Waals surface area contributed by atoms with Gasteiger partial charge in [-0.25, -0.2) is 19.8 Å². The van der Waals surface area contributed by atoms with Crippen LogP contribution in [0.1, 0.15) is 63.3 Å². The maximum atomic E-state index is 13.7. The molecule has 10 heteroatoms. The molecule has 2 heterocycles. The summed E-state index contributed by atoms with van der Waals surface area (Å²) < 4.78 is 5.41. The molecule has 5 N–H and O–H groups in total. The summed E-state index contributed by atoms with van der Waals surface area (Å²) in [6.45, 7) is 2.98. The molecule has 2 aliphatic carbocycles. The summed E-state index contributed by atoms with van der Waals surface area (Å²) in [7, 11) is 0. The van der Waals surface area contributed by atoms with Crippen molar-refractivity contribution < 1.29 is 14.3 Å². The van der Waals surface area contributed by atoms with Crippen LogP contribution in [0.3, 0.4) is 0 Å². The zero-order chi connectivity index (χ0) is 26.6. The SMILES string of the molecule is CCCN(C(=O)C1=Cc2ccc(-c3cnc(CN)nc3)cc2N=C(N)C1)[C@H]1C[C@H](NC(=O)OC2CCC2)C1. The molecular weight excluding hydrogens is 482 g/mol. The zero-order valence-corrected chi connectivity index (χ0v) is 21.7. The van der Waals surface area contributed by atoms with Gasteiger partial charge in [0.05, 0.1) is 12.2 Å². The summed E-state index contributed by atoms with van der Waals surface area (Å²) in [4.78, 5) is 40.9. The second-order valence-corrected chi connectivity index (χ2v) is 10.2. The number of alkyl carbamates (subject to hydrolysis) is 1. The van der Waals surface area contributed by atoms with Gasteiger partial charge in [-0.15, -0.1) is 0 Å². The van der Waals surface area contributed by atoms with Gasteiger partial charge >= 0.3 is 6.09 Å². The molecule has 0 atom stereocenters. The number of aliphatic imine (C=N–C) groups is 1. The lowest BCUT2D eigenvalue weighted by Gasteiger charge is -2.43. The number of hydrogen-bond donors (Lipinski definition) is 3. The van der Waals surface area contributed by atoms with E-state index in [0.29, 0.717) is 42.3 Å². The minimum Gasteiger partial charge on any atom is -0.446 e. The Morgan fingerprint density at radius 2 is 1.92 bits per heavy atom. The first-order chi connectivity index (χ1) is 18.4. The van der Waals surface area contributed by atoms with Crippen molar-refractivity contribution in [3.8, 4) is 11.1 Å². The normalized spacial score (nSPS) is 20.6. The zero-order valence-electron chi connectivity index (χ0n) is 21.7. The summed E-state index contributed by atoms with van der Waals surface area (Å²) in [5, 5.41) is 2.95. The molecule has 10 nitrogen and oxygen atoms in total. The Labute approximate surface area is 222 Å². The van der Waals surface area contributed by atoms with Gasteiger partial charge in [0.25, 0.3) is 5.91 Å². The van der Waals surface area contributed by atoms with E-state index in [1.165, 1.54) is 0 Å². The average Bonchev–Trinajstić information content (AvgIpc) is 3.04. The lowest BCUT2D eigenvalue weighted by Crippen LogP contribution is -2.56. The highest BCUT2D eigenvalue weighted by molar-refractivity contribution is 6.05. The van der Waals surface area contributed by atoms with E-state index in [2.05, 4.69) is 27.2 Å². The van der Waals surface area contributed by atoms with E-state index >= 15 is 0 Å². The number of amides is 2. The van der Waals surface area contributed by atoms with Gasteiger partial charge in [-0.1, -0.05) is 19.1 Å². The van der Waals surface area contributed by atoms with Crippen LogP contribution in [0.2, 0.25) is 0 Å². The van der Waals surface area contributed by atoms with Crippen LogP contribution in [0.5, 0.6) is 0 Å². The van der Waals surface area contributed by atoms with Crippen molar-refractivity contribution in [3.63, 3.8) is 0 Å². The number of aromatic nitrogens is 2. The van der Waals surface area contributed by atoms with Crippen LogP contribution in [0.4, 0.5) is 10.5 Å². The number of nitrogens with two attached hydrogens (primary N) is 2. The largest absolute Gasteiger partial charge is 0.446 e. The fraction of sp³-hybridized carbons (Fsp3) is 0.464. The Hall–Kier alpha value is -3.79. The lowest BCUT2D eigenvalue weighted by atomic mass is 9.84. The van der Waals surface area contributed by atoms with Crippen molar-refractivity contribution in [3.05, 3.63) is 47.6 Å². The van der Waals surface area contributed by atoms with Crippen LogP contribution in [0, 0.1) is 0 Å². The number of hydrogen-bond acceptors (Lipinski definition) is 8. The summed E-state index contributed by atoms with van der Waals surface area (Å²) in [6, 6.07) is 5.93. The van der Waals surface area contributed by atoms with Crippen LogP contribution in [0.25, 0.3) is 17.2 Å². The smallest absolute Gasteiger partial charge is 0.407 e. The summed E-state index contributed by atoms with van der Waals surface area (Å²) in [5.41, 5.74) is 15.8. The summed E-state index contributed by atoms with van der Waals surface area (Å²) >= 11 is 0. The number of rotatable bonds is 8. The van der Waals surface area contributed by atoms with E-state index < -0.39 is 0 Å². The molecule has 0 radical (unpaired) electrons. The molecule has 2 amide bonds. The molecule has 5 rings (SSSR count). The maximum Gasteiger partial charge on any atom is 0.407 e. The first kappa shape index (κ1) is 25.8. The molecule has 2 aromatic rings. The number of nitrogens with one attached hydrogen (secondary N) is 1. The van der Waals surface area contributed by atoms with Gasteiger partial charge in [-0.05, 0) is 56.2 Å². The highest BCUT2D eigenvalue weighted by Gasteiger charge is 2.38. The van der Waals surface area contributed by atoms with Gasteiger partial charge in [0.2, 0.25) is 0 Å². The van der Waals surface area contributed by atoms with Gasteiger partial charge in [0.1, 0.15) is 17.8 Å². The molecule has 2 fully saturated rings. The number of nitrogens with zero attached hydrogens (tertiary/aromatic N) is 4. The Bertz CT molecular complexity index is 1250. The van der Waals surface area contributed by atoms with Crippen molar-refractivity contribution in [1.82, 2.24) is 20.2 Å². The third-order valence-electron chi connectivity index (χ3n) is 7.42. The van der Waals surface area contributed by atoms with Crippen molar-refractivity contribution in [2.45, 2.75) is 76.6 Å². The quantitative estimate of drug-likeness (QED) is 0.486. The van der Waals surface area contributed by atoms with Gasteiger partial charge in [-0.3, -0.25) is 4.79 Å². The van der Waals surface area contributed by atoms with E-state index in [0.717, 1.165) is 42.4 Å². The van der Waals surface area contributed by atoms with E-state index in [4.69, 9.17) is 16.2 Å². The Kier molecular flexibility index (Phi) is 7.69. The lowest BCUT2D eigenvalue weighted by molar-refractivity contribution is -0.131. The molecule has 3 aliphatic rings. The minimum absolute atomic E-state index is 0.0246. The first-order valence-electron chi connectivity index (χ1n) is 13.4. The standard InChI is InChI=1S/C28H35N7O3/c1-2-8-35(22-12-21(13-22)33-28(37)38-23-4-3-5-23)27(36)19-9-18-7-6-17(10-24(18)34-25(30)11-19)20-15-31-26(14-29)32-16-20/h6-7,9-10,15-16,21-23H,2-5,8,11-14,29H2,1H3,(H2,30,34)(H,33,37)/t21-,22-. The van der Waals surface area contributed by atoms with Crippen molar-refractivity contribution in [2.24, 2.45) is 16.5 Å². The average molecular weight is 518 g/mol. The number of benzene rings is 1. The van der Waals surface area contributed by atoms with Crippen LogP contribution in [0.15, 0.2) is 41.2 Å². The monoisotopic (exact) mass is 517 g/mol. The van der Waals surface area contributed by atoms with E-state index in [1.54, 1.807) is 12.4 Å². The third kappa shape index (κ3) is 5.70. The van der Waals surface area contributed by atoms with E-state index in [-0.39, 0.29) is 43.2 Å². The van der Waals surface area contributed by atoms with Crippen LogP contribution < -0.4 is 16.8 Å². The Morgan fingerprint density at radius 3 is 2.58 bits per heavy atom. The molecule has 1 aromatic heterocycles. The molecule has 0 spiro atoms. The maximum absolute atomic E-state index is 13.7. The number of amidine groups is 1. The second kappa shape index (κ2) is 11.3. The molecule has 0 bridgehead atoms. The highest BCUT2D eigenvalue weighted by Crippen LogP contribution is 2.33. The van der Waals surface area contributed by atoms with E-state index in [1.807, 2.05) is 29.2 Å². The topological polar surface area (TPSA) is 149 Å². The van der Waals surface area contributed by atoms with Crippen LogP contribution >= 0.6 is 0 Å². The Balaban J connectivity index is 1.28. The number of carbonyl (C=O) groups excluding carboxylic acids is 2. The molecule has 0 unspecified atom stereocenters. The molecule has 0 saturated heterocycles. The first-order valence-corrected chi connectivity index (χ1v) is 13.4. The fourth-order valence-corrected chi connectivity index (χ4v) is 4.99. The highest BCUT2D eigenvalue weighted by atomic mass is 16.6. The molecular formula is C28H35N7O3. The van der Waals surface area contributed by atoms with Gasteiger partial charge in [-0.2, -0.15) is 0 Å². The number of ether oxygens (including phenoxy) is 1.